The summed E-state index contributed by atoms with van der Waals surface area (Å²) in [4.78, 5) is 22.4. The molecule has 18 heavy (non-hydrogen) atoms. The van der Waals surface area contributed by atoms with E-state index in [9.17, 15) is 9.59 Å². The molecule has 1 aromatic rings. The number of ether oxygens (including phenoxy) is 1. The van der Waals surface area contributed by atoms with Crippen LogP contribution in [0.5, 0.6) is 0 Å². The Hall–Kier alpha value is -1.88. The molecular weight excluding hydrogens is 234 g/mol. The number of aliphatic carboxylic acids is 1. The second kappa shape index (κ2) is 6.76. The molecule has 1 amide bonds. The number of hydrogen-bond acceptors (Lipinski definition) is 3. The highest BCUT2D eigenvalue weighted by Gasteiger charge is 2.13. The van der Waals surface area contributed by atoms with Gasteiger partial charge in [-0.3, -0.25) is 9.59 Å². The minimum Gasteiger partial charge on any atom is -0.481 e. The topological polar surface area (TPSA) is 75.6 Å². The number of nitrogens with one attached hydrogen (secondary N) is 1. The average Bonchev–Trinajstić information content (AvgIpc) is 2.36. The smallest absolute Gasteiger partial charge is 0.308 e. The zero-order chi connectivity index (χ0) is 13.5. The zero-order valence-electron chi connectivity index (χ0n) is 10.5. The first kappa shape index (κ1) is 14.2. The summed E-state index contributed by atoms with van der Waals surface area (Å²) >= 11 is 0. The Morgan fingerprint density at radius 3 is 2.78 bits per heavy atom. The molecule has 0 saturated carbocycles. The number of amides is 1. The van der Waals surface area contributed by atoms with Crippen molar-refractivity contribution in [3.63, 3.8) is 0 Å². The maximum absolute atomic E-state index is 11.8. The van der Waals surface area contributed by atoms with E-state index >= 15 is 0 Å². The first-order chi connectivity index (χ1) is 8.54. The van der Waals surface area contributed by atoms with Crippen molar-refractivity contribution < 1.29 is 19.4 Å². The summed E-state index contributed by atoms with van der Waals surface area (Å²) in [6.07, 6.45) is 0. The summed E-state index contributed by atoms with van der Waals surface area (Å²) in [5.74, 6) is -1.81. The largest absolute Gasteiger partial charge is 0.481 e. The SMILES string of the molecule is COCc1cccc(C(=O)NCC(C)C(=O)O)c1. The van der Waals surface area contributed by atoms with Crippen molar-refractivity contribution in [2.24, 2.45) is 5.92 Å². The molecule has 1 atom stereocenters. The molecule has 0 aromatic heterocycles. The van der Waals surface area contributed by atoms with Gasteiger partial charge in [-0.05, 0) is 17.7 Å². The molecule has 0 aliphatic heterocycles. The first-order valence-corrected chi connectivity index (χ1v) is 5.63. The molecule has 0 aliphatic carbocycles. The highest BCUT2D eigenvalue weighted by molar-refractivity contribution is 5.94. The summed E-state index contributed by atoms with van der Waals surface area (Å²) < 4.78 is 4.98. The minimum absolute atomic E-state index is 0.114. The van der Waals surface area contributed by atoms with Crippen molar-refractivity contribution in [1.82, 2.24) is 5.32 Å². The van der Waals surface area contributed by atoms with E-state index in [0.29, 0.717) is 12.2 Å². The highest BCUT2D eigenvalue weighted by atomic mass is 16.5. The van der Waals surface area contributed by atoms with Gasteiger partial charge in [-0.1, -0.05) is 19.1 Å². The lowest BCUT2D eigenvalue weighted by Crippen LogP contribution is -2.31. The summed E-state index contributed by atoms with van der Waals surface area (Å²) in [6.45, 7) is 2.10. The van der Waals surface area contributed by atoms with E-state index in [4.69, 9.17) is 9.84 Å². The summed E-state index contributed by atoms with van der Waals surface area (Å²) in [6, 6.07) is 7.04. The van der Waals surface area contributed by atoms with Gasteiger partial charge in [0.1, 0.15) is 0 Å². The molecule has 0 radical (unpaired) electrons. The van der Waals surface area contributed by atoms with Crippen LogP contribution in [-0.2, 0) is 16.1 Å². The van der Waals surface area contributed by atoms with E-state index < -0.39 is 11.9 Å². The van der Waals surface area contributed by atoms with Gasteiger partial charge in [-0.15, -0.1) is 0 Å². The average molecular weight is 251 g/mol. The standard InChI is InChI=1S/C13H17NO4/c1-9(13(16)17)7-14-12(15)11-5-3-4-10(6-11)8-18-2/h3-6,9H,7-8H2,1-2H3,(H,14,15)(H,16,17). The van der Waals surface area contributed by atoms with Crippen LogP contribution in [0, 0.1) is 5.92 Å². The molecular formula is C13H17NO4. The van der Waals surface area contributed by atoms with Crippen LogP contribution in [0.15, 0.2) is 24.3 Å². The van der Waals surface area contributed by atoms with E-state index in [2.05, 4.69) is 5.32 Å². The Kier molecular flexibility index (Phi) is 5.32. The van der Waals surface area contributed by atoms with E-state index in [-0.39, 0.29) is 12.5 Å². The lowest BCUT2D eigenvalue weighted by atomic mass is 10.1. The molecule has 0 spiro atoms. The molecule has 1 rings (SSSR count). The van der Waals surface area contributed by atoms with Crippen LogP contribution in [0.25, 0.3) is 0 Å². The molecule has 0 bridgehead atoms. The van der Waals surface area contributed by atoms with Crippen molar-refractivity contribution >= 4 is 11.9 Å². The molecule has 98 valence electrons. The van der Waals surface area contributed by atoms with Gasteiger partial charge in [0, 0.05) is 19.2 Å². The Morgan fingerprint density at radius 2 is 2.17 bits per heavy atom. The molecule has 0 fully saturated rings. The maximum atomic E-state index is 11.8. The zero-order valence-corrected chi connectivity index (χ0v) is 10.5. The predicted octanol–water partition coefficient (Wildman–Crippen LogP) is 1.28. The Labute approximate surface area is 106 Å². The monoisotopic (exact) mass is 251 g/mol. The number of carboxylic acids is 1. The van der Waals surface area contributed by atoms with E-state index in [0.717, 1.165) is 5.56 Å². The van der Waals surface area contributed by atoms with Crippen LogP contribution in [0.1, 0.15) is 22.8 Å². The number of carbonyl (C=O) groups excluding carboxylic acids is 1. The van der Waals surface area contributed by atoms with Crippen molar-refractivity contribution in [2.45, 2.75) is 13.5 Å². The van der Waals surface area contributed by atoms with Crippen molar-refractivity contribution in [3.05, 3.63) is 35.4 Å². The fraction of sp³-hybridized carbons (Fsp3) is 0.385. The molecule has 0 aliphatic rings. The fourth-order valence-electron chi connectivity index (χ4n) is 1.40. The van der Waals surface area contributed by atoms with Gasteiger partial charge >= 0.3 is 5.97 Å². The number of carboxylic acid groups (broad SMARTS) is 1. The quantitative estimate of drug-likeness (QED) is 0.798. The van der Waals surface area contributed by atoms with Gasteiger partial charge < -0.3 is 15.2 Å². The van der Waals surface area contributed by atoms with Crippen LogP contribution >= 0.6 is 0 Å². The van der Waals surface area contributed by atoms with E-state index in [1.807, 2.05) is 6.07 Å². The molecule has 1 unspecified atom stereocenters. The fourth-order valence-corrected chi connectivity index (χ4v) is 1.40. The third-order valence-electron chi connectivity index (χ3n) is 2.49. The van der Waals surface area contributed by atoms with Gasteiger partial charge in [0.05, 0.1) is 12.5 Å². The third kappa shape index (κ3) is 4.18. The number of hydrogen-bond donors (Lipinski definition) is 2. The molecule has 5 heteroatoms. The van der Waals surface area contributed by atoms with Gasteiger partial charge in [-0.2, -0.15) is 0 Å². The molecule has 2 N–H and O–H groups in total. The van der Waals surface area contributed by atoms with Crippen molar-refractivity contribution in [2.75, 3.05) is 13.7 Å². The molecule has 0 heterocycles. The Morgan fingerprint density at radius 1 is 1.44 bits per heavy atom. The van der Waals surface area contributed by atoms with Crippen LogP contribution in [0.2, 0.25) is 0 Å². The van der Waals surface area contributed by atoms with Gasteiger partial charge in [0.25, 0.3) is 5.91 Å². The van der Waals surface area contributed by atoms with E-state index in [1.165, 1.54) is 0 Å². The molecule has 5 nitrogen and oxygen atoms in total. The summed E-state index contributed by atoms with van der Waals surface area (Å²) in [5.41, 5.74) is 1.40. The second-order valence-electron chi connectivity index (χ2n) is 4.08. The van der Waals surface area contributed by atoms with Gasteiger partial charge in [0.15, 0.2) is 0 Å². The minimum atomic E-state index is -0.927. The summed E-state index contributed by atoms with van der Waals surface area (Å²) in [7, 11) is 1.58. The highest BCUT2D eigenvalue weighted by Crippen LogP contribution is 2.06. The van der Waals surface area contributed by atoms with Crippen molar-refractivity contribution in [3.8, 4) is 0 Å². The number of carbonyl (C=O) groups is 2. The second-order valence-corrected chi connectivity index (χ2v) is 4.08. The molecule has 1 aromatic carbocycles. The third-order valence-corrected chi connectivity index (χ3v) is 2.49. The first-order valence-electron chi connectivity index (χ1n) is 5.63. The number of rotatable bonds is 6. The Balaban J connectivity index is 2.61. The van der Waals surface area contributed by atoms with Gasteiger partial charge in [0.2, 0.25) is 0 Å². The maximum Gasteiger partial charge on any atom is 0.308 e. The van der Waals surface area contributed by atoms with Crippen molar-refractivity contribution in [1.29, 1.82) is 0 Å². The van der Waals surface area contributed by atoms with Crippen LogP contribution in [0.3, 0.4) is 0 Å². The van der Waals surface area contributed by atoms with Gasteiger partial charge in [-0.25, -0.2) is 0 Å². The normalized spacial score (nSPS) is 11.9. The van der Waals surface area contributed by atoms with Crippen LogP contribution < -0.4 is 5.32 Å². The van der Waals surface area contributed by atoms with Crippen LogP contribution in [-0.4, -0.2) is 30.6 Å². The lowest BCUT2D eigenvalue weighted by Gasteiger charge is -2.09. The lowest BCUT2D eigenvalue weighted by molar-refractivity contribution is -0.140. The number of benzene rings is 1. The predicted molar refractivity (Wildman–Crippen MR) is 66.3 cm³/mol. The molecule has 0 saturated heterocycles. The van der Waals surface area contributed by atoms with Crippen LogP contribution in [0.4, 0.5) is 0 Å². The number of methoxy groups -OCH3 is 1. The summed E-state index contributed by atoms with van der Waals surface area (Å²) in [5, 5.41) is 11.3. The van der Waals surface area contributed by atoms with E-state index in [1.54, 1.807) is 32.2 Å². The Bertz CT molecular complexity index is 431.